The minimum atomic E-state index is -3.63. The molecule has 31 heavy (non-hydrogen) atoms. The average Bonchev–Trinajstić information content (AvgIpc) is 3.30. The summed E-state index contributed by atoms with van der Waals surface area (Å²) in [6, 6.07) is 16.5. The molecule has 0 aliphatic rings. The van der Waals surface area contributed by atoms with Crippen molar-refractivity contribution in [3.05, 3.63) is 77.2 Å². The summed E-state index contributed by atoms with van der Waals surface area (Å²) in [7, 11) is -3.63. The fraction of sp³-hybridized carbons (Fsp3) is 0.182. The summed E-state index contributed by atoms with van der Waals surface area (Å²) in [5, 5.41) is 7.38. The lowest BCUT2D eigenvalue weighted by Gasteiger charge is -2.15. The van der Waals surface area contributed by atoms with E-state index in [2.05, 4.69) is 15.4 Å². The summed E-state index contributed by atoms with van der Waals surface area (Å²) in [6.07, 6.45) is 0.405. The van der Waals surface area contributed by atoms with Crippen LogP contribution in [0.25, 0.3) is 0 Å². The van der Waals surface area contributed by atoms with Crippen molar-refractivity contribution >= 4 is 44.5 Å². The zero-order chi connectivity index (χ0) is 22.4. The normalized spacial score (nSPS) is 12.1. The summed E-state index contributed by atoms with van der Waals surface area (Å²) in [5.41, 5.74) is 2.39. The molecule has 2 amide bonds. The molecular formula is C22H23N3O4S2. The average molecular weight is 458 g/mol. The van der Waals surface area contributed by atoms with Gasteiger partial charge in [-0.15, -0.1) is 11.3 Å². The van der Waals surface area contributed by atoms with Crippen molar-refractivity contribution in [3.63, 3.8) is 0 Å². The van der Waals surface area contributed by atoms with Crippen molar-refractivity contribution in [3.8, 4) is 0 Å². The molecule has 7 nitrogen and oxygen atoms in total. The standard InChI is InChI=1S/C22H23N3O4S2/c1-3-20(26)24-18-10-6-16(7-11-18)15(2)23-22(27)17-8-12-19(13-9-17)25-31(28,29)21-5-4-14-30-21/h4-15,25H,3H2,1-2H3,(H,23,27)(H,24,26). The van der Waals surface area contributed by atoms with Crippen molar-refractivity contribution in [1.82, 2.24) is 5.32 Å². The highest BCUT2D eigenvalue weighted by atomic mass is 32.2. The SMILES string of the molecule is CCC(=O)Nc1ccc(C(C)NC(=O)c2ccc(NS(=O)(=O)c3cccs3)cc2)cc1. The van der Waals surface area contributed by atoms with Gasteiger partial charge in [0.2, 0.25) is 5.91 Å². The van der Waals surface area contributed by atoms with Gasteiger partial charge in [0.15, 0.2) is 0 Å². The second-order valence-electron chi connectivity index (χ2n) is 6.83. The van der Waals surface area contributed by atoms with Crippen LogP contribution in [0, 0.1) is 0 Å². The highest BCUT2D eigenvalue weighted by Crippen LogP contribution is 2.21. The Morgan fingerprint density at radius 2 is 1.61 bits per heavy atom. The van der Waals surface area contributed by atoms with Crippen LogP contribution in [0.4, 0.5) is 11.4 Å². The van der Waals surface area contributed by atoms with E-state index in [-0.39, 0.29) is 22.1 Å². The van der Waals surface area contributed by atoms with Gasteiger partial charge in [-0.1, -0.05) is 25.1 Å². The van der Waals surface area contributed by atoms with E-state index in [9.17, 15) is 18.0 Å². The first-order chi connectivity index (χ1) is 14.8. The van der Waals surface area contributed by atoms with Gasteiger partial charge in [-0.3, -0.25) is 14.3 Å². The zero-order valence-electron chi connectivity index (χ0n) is 17.1. The van der Waals surface area contributed by atoms with Crippen LogP contribution in [0.5, 0.6) is 0 Å². The number of amides is 2. The van der Waals surface area contributed by atoms with Crippen molar-refractivity contribution in [2.45, 2.75) is 30.5 Å². The quantitative estimate of drug-likeness (QED) is 0.467. The molecule has 0 spiro atoms. The van der Waals surface area contributed by atoms with Crippen LogP contribution in [0.3, 0.4) is 0 Å². The number of anilines is 2. The largest absolute Gasteiger partial charge is 0.346 e. The molecule has 3 rings (SSSR count). The molecule has 162 valence electrons. The minimum Gasteiger partial charge on any atom is -0.346 e. The molecular weight excluding hydrogens is 434 g/mol. The summed E-state index contributed by atoms with van der Waals surface area (Å²) < 4.78 is 27.3. The Bertz CT molecular complexity index is 1140. The number of thiophene rings is 1. The zero-order valence-corrected chi connectivity index (χ0v) is 18.7. The van der Waals surface area contributed by atoms with Crippen molar-refractivity contribution in [2.24, 2.45) is 0 Å². The molecule has 9 heteroatoms. The van der Waals surface area contributed by atoms with E-state index < -0.39 is 10.0 Å². The molecule has 3 aromatic rings. The Kier molecular flexibility index (Phi) is 7.09. The number of hydrogen-bond donors (Lipinski definition) is 3. The van der Waals surface area contributed by atoms with Gasteiger partial charge >= 0.3 is 0 Å². The Balaban J connectivity index is 1.60. The monoisotopic (exact) mass is 457 g/mol. The second kappa shape index (κ2) is 9.76. The van der Waals surface area contributed by atoms with Crippen LogP contribution in [0.2, 0.25) is 0 Å². The molecule has 3 N–H and O–H groups in total. The maximum absolute atomic E-state index is 12.6. The predicted molar refractivity (Wildman–Crippen MR) is 123 cm³/mol. The van der Waals surface area contributed by atoms with Crippen molar-refractivity contribution in [1.29, 1.82) is 0 Å². The molecule has 0 saturated heterocycles. The fourth-order valence-corrected chi connectivity index (χ4v) is 4.83. The van der Waals surface area contributed by atoms with Gasteiger partial charge in [0, 0.05) is 23.4 Å². The maximum Gasteiger partial charge on any atom is 0.271 e. The van der Waals surface area contributed by atoms with E-state index in [1.165, 1.54) is 6.07 Å². The number of benzene rings is 2. The minimum absolute atomic E-state index is 0.0600. The first kappa shape index (κ1) is 22.5. The molecule has 0 aliphatic carbocycles. The van der Waals surface area contributed by atoms with Crippen LogP contribution in [-0.4, -0.2) is 20.2 Å². The van der Waals surface area contributed by atoms with E-state index in [4.69, 9.17) is 0 Å². The Morgan fingerprint density at radius 3 is 2.19 bits per heavy atom. The molecule has 1 aromatic heterocycles. The molecule has 2 aromatic carbocycles. The number of nitrogens with one attached hydrogen (secondary N) is 3. The van der Waals surface area contributed by atoms with Gasteiger partial charge in [-0.05, 0) is 60.3 Å². The fourth-order valence-electron chi connectivity index (χ4n) is 2.78. The summed E-state index contributed by atoms with van der Waals surface area (Å²) in [5.74, 6) is -0.334. The highest BCUT2D eigenvalue weighted by Gasteiger charge is 2.16. The number of carbonyl (C=O) groups is 2. The second-order valence-corrected chi connectivity index (χ2v) is 9.69. The summed E-state index contributed by atoms with van der Waals surface area (Å²) in [6.45, 7) is 3.65. The smallest absolute Gasteiger partial charge is 0.271 e. The Hall–Kier alpha value is -3.17. The lowest BCUT2D eigenvalue weighted by Crippen LogP contribution is -2.26. The third kappa shape index (κ3) is 5.93. The molecule has 1 atom stereocenters. The first-order valence-electron chi connectivity index (χ1n) is 9.65. The van der Waals surface area contributed by atoms with E-state index in [0.717, 1.165) is 16.9 Å². The van der Waals surface area contributed by atoms with Gasteiger partial charge in [-0.2, -0.15) is 0 Å². The molecule has 0 saturated carbocycles. The lowest BCUT2D eigenvalue weighted by molar-refractivity contribution is -0.115. The van der Waals surface area contributed by atoms with Gasteiger partial charge in [-0.25, -0.2) is 8.42 Å². The third-order valence-electron chi connectivity index (χ3n) is 4.52. The number of sulfonamides is 1. The van der Waals surface area contributed by atoms with Crippen molar-refractivity contribution < 1.29 is 18.0 Å². The number of hydrogen-bond acceptors (Lipinski definition) is 5. The first-order valence-corrected chi connectivity index (χ1v) is 12.0. The topological polar surface area (TPSA) is 104 Å². The van der Waals surface area contributed by atoms with Gasteiger partial charge in [0.05, 0.1) is 6.04 Å². The lowest BCUT2D eigenvalue weighted by atomic mass is 10.1. The maximum atomic E-state index is 12.6. The van der Waals surface area contributed by atoms with Gasteiger partial charge in [0.1, 0.15) is 4.21 Å². The molecule has 0 aliphatic heterocycles. The van der Waals surface area contributed by atoms with Crippen LogP contribution in [0.15, 0.2) is 70.3 Å². The van der Waals surface area contributed by atoms with Gasteiger partial charge in [0.25, 0.3) is 15.9 Å². The molecule has 0 radical (unpaired) electrons. The third-order valence-corrected chi connectivity index (χ3v) is 7.30. The van der Waals surface area contributed by atoms with E-state index in [1.54, 1.807) is 54.8 Å². The van der Waals surface area contributed by atoms with Crippen LogP contribution >= 0.6 is 11.3 Å². The van der Waals surface area contributed by atoms with Crippen LogP contribution < -0.4 is 15.4 Å². The Morgan fingerprint density at radius 1 is 0.968 bits per heavy atom. The van der Waals surface area contributed by atoms with E-state index in [1.807, 2.05) is 19.1 Å². The molecule has 0 bridgehead atoms. The molecule has 0 fully saturated rings. The summed E-state index contributed by atoms with van der Waals surface area (Å²) in [4.78, 5) is 24.0. The highest BCUT2D eigenvalue weighted by molar-refractivity contribution is 7.94. The van der Waals surface area contributed by atoms with E-state index in [0.29, 0.717) is 23.4 Å². The number of rotatable bonds is 8. The van der Waals surface area contributed by atoms with Crippen LogP contribution in [0.1, 0.15) is 42.2 Å². The molecule has 1 unspecified atom stereocenters. The Labute approximate surface area is 185 Å². The van der Waals surface area contributed by atoms with Crippen molar-refractivity contribution in [2.75, 3.05) is 10.0 Å². The summed E-state index contributed by atoms with van der Waals surface area (Å²) >= 11 is 1.13. The molecule has 1 heterocycles. The predicted octanol–water partition coefficient (Wildman–Crippen LogP) is 4.39. The van der Waals surface area contributed by atoms with E-state index >= 15 is 0 Å². The van der Waals surface area contributed by atoms with Crippen LogP contribution in [-0.2, 0) is 14.8 Å². The number of carbonyl (C=O) groups excluding carboxylic acids is 2. The van der Waals surface area contributed by atoms with Gasteiger partial charge < -0.3 is 10.6 Å².